The molecule has 0 unspecified atom stereocenters. The summed E-state index contributed by atoms with van der Waals surface area (Å²) in [7, 11) is 0. The van der Waals surface area contributed by atoms with E-state index in [0.29, 0.717) is 15.2 Å². The van der Waals surface area contributed by atoms with Gasteiger partial charge in [-0.25, -0.2) is 9.78 Å². The molecule has 28 heavy (non-hydrogen) atoms. The first-order valence-electron chi connectivity index (χ1n) is 9.49. The van der Waals surface area contributed by atoms with Crippen molar-refractivity contribution >= 4 is 39.1 Å². The van der Waals surface area contributed by atoms with Gasteiger partial charge in [-0.3, -0.25) is 9.36 Å². The number of fused-ring (bicyclic) bond motifs is 1. The standard InChI is InChI=1S/C21H21ClN2O3S/c1-13(21(26)27-16-5-3-2-4-6-16)24-12-23-19-18(20(24)25)17(11-28-19)14-7-9-15(22)10-8-14/h7-13,16H,2-6H2,1H3/t13-/m1/s1. The number of nitrogens with zero attached hydrogens (tertiary/aromatic N) is 2. The second kappa shape index (κ2) is 8.05. The molecule has 0 N–H and O–H groups in total. The fourth-order valence-corrected chi connectivity index (χ4v) is 4.66. The van der Waals surface area contributed by atoms with Crippen LogP contribution in [0.25, 0.3) is 21.3 Å². The van der Waals surface area contributed by atoms with Gasteiger partial charge in [0, 0.05) is 16.0 Å². The van der Waals surface area contributed by atoms with E-state index in [4.69, 9.17) is 16.3 Å². The number of rotatable bonds is 4. The van der Waals surface area contributed by atoms with Gasteiger partial charge in [-0.15, -0.1) is 11.3 Å². The molecule has 1 atom stereocenters. The molecule has 3 aromatic rings. The summed E-state index contributed by atoms with van der Waals surface area (Å²) >= 11 is 7.39. The smallest absolute Gasteiger partial charge is 0.329 e. The number of carbonyl (C=O) groups excluding carboxylic acids is 1. The Labute approximate surface area is 171 Å². The Kier molecular flexibility index (Phi) is 5.51. The van der Waals surface area contributed by atoms with Gasteiger partial charge in [0.25, 0.3) is 5.56 Å². The third kappa shape index (κ3) is 3.71. The van der Waals surface area contributed by atoms with Crippen molar-refractivity contribution in [1.29, 1.82) is 0 Å². The highest BCUT2D eigenvalue weighted by molar-refractivity contribution is 7.17. The first kappa shape index (κ1) is 19.2. The molecule has 0 aliphatic heterocycles. The van der Waals surface area contributed by atoms with Crippen LogP contribution in [-0.2, 0) is 9.53 Å². The maximum atomic E-state index is 13.2. The molecule has 1 aromatic carbocycles. The van der Waals surface area contributed by atoms with E-state index in [1.807, 2.05) is 17.5 Å². The Bertz CT molecular complexity index is 1050. The normalized spacial score (nSPS) is 16.2. The van der Waals surface area contributed by atoms with E-state index < -0.39 is 6.04 Å². The van der Waals surface area contributed by atoms with E-state index in [2.05, 4.69) is 4.98 Å². The molecule has 5 nitrogen and oxygen atoms in total. The predicted molar refractivity (Wildman–Crippen MR) is 112 cm³/mol. The summed E-state index contributed by atoms with van der Waals surface area (Å²) < 4.78 is 7.02. The van der Waals surface area contributed by atoms with E-state index >= 15 is 0 Å². The van der Waals surface area contributed by atoms with E-state index in [0.717, 1.165) is 36.8 Å². The van der Waals surface area contributed by atoms with Crippen LogP contribution in [0.4, 0.5) is 0 Å². The molecule has 2 heterocycles. The molecule has 7 heteroatoms. The van der Waals surface area contributed by atoms with Crippen molar-refractivity contribution < 1.29 is 9.53 Å². The molecule has 0 bridgehead atoms. The van der Waals surface area contributed by atoms with Crippen molar-refractivity contribution in [2.45, 2.75) is 51.2 Å². The number of halogens is 1. The second-order valence-corrected chi connectivity index (χ2v) is 8.46. The summed E-state index contributed by atoms with van der Waals surface area (Å²) in [4.78, 5) is 30.8. The number of thiophene rings is 1. The lowest BCUT2D eigenvalue weighted by Gasteiger charge is -2.24. The molecule has 146 valence electrons. The van der Waals surface area contributed by atoms with Gasteiger partial charge in [-0.1, -0.05) is 30.2 Å². The van der Waals surface area contributed by atoms with Crippen molar-refractivity contribution in [2.75, 3.05) is 0 Å². The molecule has 0 radical (unpaired) electrons. The zero-order chi connectivity index (χ0) is 19.7. The van der Waals surface area contributed by atoms with Gasteiger partial charge >= 0.3 is 5.97 Å². The van der Waals surface area contributed by atoms with E-state index in [9.17, 15) is 9.59 Å². The number of ether oxygens (including phenoxy) is 1. The lowest BCUT2D eigenvalue weighted by atomic mass is 9.98. The fourth-order valence-electron chi connectivity index (χ4n) is 3.62. The third-order valence-electron chi connectivity index (χ3n) is 5.27. The minimum atomic E-state index is -0.718. The zero-order valence-electron chi connectivity index (χ0n) is 15.6. The number of aromatic nitrogens is 2. The minimum Gasteiger partial charge on any atom is -0.461 e. The Hall–Kier alpha value is -2.18. The Morgan fingerprint density at radius 1 is 1.25 bits per heavy atom. The maximum absolute atomic E-state index is 13.2. The summed E-state index contributed by atoms with van der Waals surface area (Å²) in [5.74, 6) is -0.376. The molecule has 1 saturated carbocycles. The Morgan fingerprint density at radius 3 is 2.68 bits per heavy atom. The quantitative estimate of drug-likeness (QED) is 0.547. The van der Waals surface area contributed by atoms with Crippen LogP contribution in [0.15, 0.2) is 40.8 Å². The van der Waals surface area contributed by atoms with Crippen LogP contribution in [0, 0.1) is 0 Å². The average Bonchev–Trinajstić information content (AvgIpc) is 3.14. The van der Waals surface area contributed by atoms with Gasteiger partial charge in [0.15, 0.2) is 0 Å². The van der Waals surface area contributed by atoms with E-state index in [1.54, 1.807) is 19.1 Å². The molecular weight excluding hydrogens is 396 g/mol. The molecule has 2 aromatic heterocycles. The topological polar surface area (TPSA) is 61.2 Å². The van der Waals surface area contributed by atoms with Crippen molar-refractivity contribution in [1.82, 2.24) is 9.55 Å². The molecule has 1 aliphatic carbocycles. The molecule has 1 aliphatic rings. The zero-order valence-corrected chi connectivity index (χ0v) is 17.1. The van der Waals surface area contributed by atoms with Crippen LogP contribution < -0.4 is 5.56 Å². The van der Waals surface area contributed by atoms with Crippen LogP contribution >= 0.6 is 22.9 Å². The summed E-state index contributed by atoms with van der Waals surface area (Å²) in [6.45, 7) is 1.69. The van der Waals surface area contributed by atoms with Crippen molar-refractivity contribution in [3.8, 4) is 11.1 Å². The first-order valence-corrected chi connectivity index (χ1v) is 10.7. The van der Waals surface area contributed by atoms with Gasteiger partial charge < -0.3 is 4.74 Å². The molecule has 0 saturated heterocycles. The lowest BCUT2D eigenvalue weighted by Crippen LogP contribution is -2.32. The van der Waals surface area contributed by atoms with Crippen LogP contribution in [0.2, 0.25) is 5.02 Å². The first-order chi connectivity index (χ1) is 13.5. The average molecular weight is 417 g/mol. The largest absolute Gasteiger partial charge is 0.461 e. The van der Waals surface area contributed by atoms with Crippen LogP contribution in [0.1, 0.15) is 45.1 Å². The summed E-state index contributed by atoms with van der Waals surface area (Å²) in [5.41, 5.74) is 1.46. The van der Waals surface area contributed by atoms with Gasteiger partial charge in [0.05, 0.1) is 11.7 Å². The van der Waals surface area contributed by atoms with E-state index in [1.165, 1.54) is 28.7 Å². The summed E-state index contributed by atoms with van der Waals surface area (Å²) in [6.07, 6.45) is 6.56. The van der Waals surface area contributed by atoms with Crippen molar-refractivity contribution in [2.24, 2.45) is 0 Å². The molecule has 1 fully saturated rings. The Morgan fingerprint density at radius 2 is 1.96 bits per heavy atom. The second-order valence-electron chi connectivity index (χ2n) is 7.17. The molecular formula is C21H21ClN2O3S. The summed E-state index contributed by atoms with van der Waals surface area (Å²) in [6, 6.07) is 6.62. The summed E-state index contributed by atoms with van der Waals surface area (Å²) in [5, 5.41) is 3.07. The van der Waals surface area contributed by atoms with Gasteiger partial charge in [-0.2, -0.15) is 0 Å². The van der Waals surface area contributed by atoms with Gasteiger partial charge in [0.2, 0.25) is 0 Å². The van der Waals surface area contributed by atoms with Crippen LogP contribution in [-0.4, -0.2) is 21.6 Å². The molecule has 0 spiro atoms. The predicted octanol–water partition coefficient (Wildman–Crippen LogP) is 5.22. The van der Waals surface area contributed by atoms with Crippen molar-refractivity contribution in [3.05, 3.63) is 51.3 Å². The highest BCUT2D eigenvalue weighted by Gasteiger charge is 2.25. The number of hydrogen-bond donors (Lipinski definition) is 0. The van der Waals surface area contributed by atoms with Crippen molar-refractivity contribution in [3.63, 3.8) is 0 Å². The monoisotopic (exact) mass is 416 g/mol. The maximum Gasteiger partial charge on any atom is 0.329 e. The molecule has 0 amide bonds. The number of hydrogen-bond acceptors (Lipinski definition) is 5. The van der Waals surface area contributed by atoms with Gasteiger partial charge in [0.1, 0.15) is 17.0 Å². The number of carbonyl (C=O) groups is 1. The number of esters is 1. The lowest BCUT2D eigenvalue weighted by molar-refractivity contribution is -0.154. The molecule has 4 rings (SSSR count). The SMILES string of the molecule is C[C@H](C(=O)OC1CCCCC1)n1cnc2scc(-c3ccc(Cl)cc3)c2c1=O. The minimum absolute atomic E-state index is 0.0399. The van der Waals surface area contributed by atoms with Gasteiger partial charge in [-0.05, 0) is 50.3 Å². The number of benzene rings is 1. The highest BCUT2D eigenvalue weighted by atomic mass is 35.5. The van der Waals surface area contributed by atoms with Crippen LogP contribution in [0.3, 0.4) is 0 Å². The third-order valence-corrected chi connectivity index (χ3v) is 6.41. The Balaban J connectivity index is 1.67. The van der Waals surface area contributed by atoms with E-state index in [-0.39, 0.29) is 17.6 Å². The highest BCUT2D eigenvalue weighted by Crippen LogP contribution is 2.31. The van der Waals surface area contributed by atoms with Crippen LogP contribution in [0.5, 0.6) is 0 Å². The fraction of sp³-hybridized carbons (Fsp3) is 0.381.